The van der Waals surface area contributed by atoms with Gasteiger partial charge in [0.2, 0.25) is 0 Å². The second-order valence-corrected chi connectivity index (χ2v) is 6.21. The first-order chi connectivity index (χ1) is 10.8. The van der Waals surface area contributed by atoms with Crippen LogP contribution >= 0.6 is 0 Å². The molecule has 0 fully saturated rings. The lowest BCUT2D eigenvalue weighted by atomic mass is 10.2. The van der Waals surface area contributed by atoms with Crippen molar-refractivity contribution in [2.24, 2.45) is 0 Å². The number of amides is 1. The van der Waals surface area contributed by atoms with Gasteiger partial charge in [0.15, 0.2) is 0 Å². The molecule has 0 saturated carbocycles. The molecule has 1 atom stereocenters. The van der Waals surface area contributed by atoms with Gasteiger partial charge in [-0.15, -0.1) is 0 Å². The topological polar surface area (TPSA) is 50.5 Å². The van der Waals surface area contributed by atoms with Gasteiger partial charge in [0.1, 0.15) is 12.3 Å². The number of halogens is 3. The zero-order valence-electron chi connectivity index (χ0n) is 12.2. The van der Waals surface area contributed by atoms with E-state index in [1.54, 1.807) is 0 Å². The van der Waals surface area contributed by atoms with Crippen LogP contribution in [0.15, 0.2) is 52.0 Å². The summed E-state index contributed by atoms with van der Waals surface area (Å²) in [5.74, 6) is -0.513. The molecule has 1 amide bonds. The lowest BCUT2D eigenvalue weighted by Gasteiger charge is -2.23. The van der Waals surface area contributed by atoms with Crippen LogP contribution in [-0.2, 0) is 17.3 Å². The van der Waals surface area contributed by atoms with Crippen LogP contribution in [0, 0.1) is 0 Å². The molecule has 0 aliphatic heterocycles. The van der Waals surface area contributed by atoms with Crippen molar-refractivity contribution in [1.82, 2.24) is 4.90 Å². The van der Waals surface area contributed by atoms with Crippen LogP contribution in [-0.4, -0.2) is 34.0 Å². The molecule has 0 aliphatic carbocycles. The largest absolute Gasteiger partial charge is 0.467 e. The number of carbonyl (C=O) groups is 1. The van der Waals surface area contributed by atoms with Crippen LogP contribution < -0.4 is 0 Å². The van der Waals surface area contributed by atoms with Crippen molar-refractivity contribution in [2.75, 3.05) is 12.8 Å². The first kappa shape index (κ1) is 17.3. The number of alkyl halides is 3. The molecule has 1 aromatic heterocycles. The maximum atomic E-state index is 12.7. The normalized spacial score (nSPS) is 12.9. The number of rotatable bonds is 5. The molecular formula is C15H14F3NO3S. The summed E-state index contributed by atoms with van der Waals surface area (Å²) in [4.78, 5) is 13.5. The van der Waals surface area contributed by atoms with Gasteiger partial charge in [-0.2, -0.15) is 13.2 Å². The second kappa shape index (κ2) is 6.99. The van der Waals surface area contributed by atoms with Crippen LogP contribution in [0.1, 0.15) is 16.1 Å². The SMILES string of the molecule is CS(=O)c1ccc(C(=O)N(Cc2ccco2)CC(F)(F)F)cc1. The zero-order chi connectivity index (χ0) is 17.0. The number of nitrogens with zero attached hydrogens (tertiary/aromatic N) is 1. The number of hydrogen-bond donors (Lipinski definition) is 0. The lowest BCUT2D eigenvalue weighted by molar-refractivity contribution is -0.142. The van der Waals surface area contributed by atoms with E-state index in [1.807, 2.05) is 0 Å². The van der Waals surface area contributed by atoms with Gasteiger partial charge in [-0.25, -0.2) is 0 Å². The highest BCUT2D eigenvalue weighted by atomic mass is 32.2. The quantitative estimate of drug-likeness (QED) is 0.836. The van der Waals surface area contributed by atoms with Crippen molar-refractivity contribution in [2.45, 2.75) is 17.6 Å². The van der Waals surface area contributed by atoms with E-state index in [0.29, 0.717) is 9.80 Å². The molecule has 0 aliphatic rings. The van der Waals surface area contributed by atoms with E-state index in [2.05, 4.69) is 0 Å². The van der Waals surface area contributed by atoms with Crippen molar-refractivity contribution < 1.29 is 26.6 Å². The highest BCUT2D eigenvalue weighted by Crippen LogP contribution is 2.20. The molecular weight excluding hydrogens is 331 g/mol. The Hall–Kier alpha value is -2.09. The maximum Gasteiger partial charge on any atom is 0.406 e. The van der Waals surface area contributed by atoms with Crippen LogP contribution in [0.4, 0.5) is 13.2 Å². The van der Waals surface area contributed by atoms with E-state index in [9.17, 15) is 22.2 Å². The Kier molecular flexibility index (Phi) is 5.25. The Labute approximate surface area is 133 Å². The van der Waals surface area contributed by atoms with E-state index >= 15 is 0 Å². The van der Waals surface area contributed by atoms with Gasteiger partial charge in [-0.1, -0.05) is 0 Å². The highest BCUT2D eigenvalue weighted by Gasteiger charge is 2.33. The summed E-state index contributed by atoms with van der Waals surface area (Å²) in [6.45, 7) is -1.67. The Morgan fingerprint density at radius 1 is 1.22 bits per heavy atom. The van der Waals surface area contributed by atoms with Crippen molar-refractivity contribution in [3.05, 3.63) is 54.0 Å². The summed E-state index contributed by atoms with van der Waals surface area (Å²) >= 11 is 0. The van der Waals surface area contributed by atoms with Gasteiger partial charge in [0, 0.05) is 27.5 Å². The molecule has 124 valence electrons. The minimum atomic E-state index is -4.52. The monoisotopic (exact) mass is 345 g/mol. The van der Waals surface area contributed by atoms with Crippen LogP contribution in [0.5, 0.6) is 0 Å². The van der Waals surface area contributed by atoms with Gasteiger partial charge in [-0.3, -0.25) is 9.00 Å². The molecule has 8 heteroatoms. The van der Waals surface area contributed by atoms with Crippen LogP contribution in [0.25, 0.3) is 0 Å². The fourth-order valence-corrected chi connectivity index (χ4v) is 2.50. The molecule has 0 N–H and O–H groups in total. The second-order valence-electron chi connectivity index (χ2n) is 4.83. The van der Waals surface area contributed by atoms with Gasteiger partial charge < -0.3 is 9.32 Å². The van der Waals surface area contributed by atoms with Crippen molar-refractivity contribution >= 4 is 16.7 Å². The molecule has 1 aromatic carbocycles. The minimum absolute atomic E-state index is 0.0926. The van der Waals surface area contributed by atoms with E-state index in [0.717, 1.165) is 0 Å². The van der Waals surface area contributed by atoms with Crippen molar-refractivity contribution in [1.29, 1.82) is 0 Å². The first-order valence-corrected chi connectivity index (χ1v) is 8.14. The summed E-state index contributed by atoms with van der Waals surface area (Å²) in [5, 5.41) is 0. The summed E-state index contributed by atoms with van der Waals surface area (Å²) in [6.07, 6.45) is -1.71. The zero-order valence-corrected chi connectivity index (χ0v) is 13.0. The average molecular weight is 345 g/mol. The fourth-order valence-electron chi connectivity index (χ4n) is 1.98. The molecule has 4 nitrogen and oxygen atoms in total. The van der Waals surface area contributed by atoms with E-state index in [4.69, 9.17) is 4.42 Å². The fraction of sp³-hybridized carbons (Fsp3) is 0.267. The standard InChI is InChI=1S/C15H14F3NO3S/c1-23(21)13-6-4-11(5-7-13)14(20)19(10-15(16,17)18)9-12-3-2-8-22-12/h2-8H,9-10H2,1H3. The number of hydrogen-bond acceptors (Lipinski definition) is 3. The molecule has 1 unspecified atom stereocenters. The molecule has 0 bridgehead atoms. The first-order valence-electron chi connectivity index (χ1n) is 6.58. The molecule has 0 saturated heterocycles. The molecule has 23 heavy (non-hydrogen) atoms. The third-order valence-electron chi connectivity index (χ3n) is 3.02. The highest BCUT2D eigenvalue weighted by molar-refractivity contribution is 7.84. The van der Waals surface area contributed by atoms with E-state index in [-0.39, 0.29) is 17.9 Å². The maximum absolute atomic E-state index is 12.7. The smallest absolute Gasteiger partial charge is 0.406 e. The van der Waals surface area contributed by atoms with Gasteiger partial charge in [-0.05, 0) is 36.4 Å². The van der Waals surface area contributed by atoms with Crippen LogP contribution in [0.3, 0.4) is 0 Å². The Morgan fingerprint density at radius 2 is 1.87 bits per heavy atom. The number of carbonyl (C=O) groups excluding carboxylic acids is 1. The molecule has 1 heterocycles. The molecule has 0 radical (unpaired) electrons. The van der Waals surface area contributed by atoms with Gasteiger partial charge >= 0.3 is 6.18 Å². The third-order valence-corrected chi connectivity index (χ3v) is 3.95. The third kappa shape index (κ3) is 4.95. The number of furan rings is 1. The van der Waals surface area contributed by atoms with E-state index in [1.165, 1.54) is 48.9 Å². The average Bonchev–Trinajstić information content (AvgIpc) is 2.97. The lowest BCUT2D eigenvalue weighted by Crippen LogP contribution is -2.38. The number of benzene rings is 1. The van der Waals surface area contributed by atoms with Crippen molar-refractivity contribution in [3.63, 3.8) is 0 Å². The Balaban J connectivity index is 2.22. The molecule has 2 rings (SSSR count). The van der Waals surface area contributed by atoms with Crippen LogP contribution in [0.2, 0.25) is 0 Å². The summed E-state index contributed by atoms with van der Waals surface area (Å²) in [7, 11) is -1.22. The van der Waals surface area contributed by atoms with Crippen molar-refractivity contribution in [3.8, 4) is 0 Å². The predicted molar refractivity (Wildman–Crippen MR) is 78.3 cm³/mol. The Bertz CT molecular complexity index is 681. The summed E-state index contributed by atoms with van der Waals surface area (Å²) in [6, 6.07) is 8.69. The minimum Gasteiger partial charge on any atom is -0.467 e. The molecule has 2 aromatic rings. The summed E-state index contributed by atoms with van der Waals surface area (Å²) in [5.41, 5.74) is 0.0926. The Morgan fingerprint density at radius 3 is 2.35 bits per heavy atom. The van der Waals surface area contributed by atoms with Gasteiger partial charge in [0.05, 0.1) is 12.8 Å². The van der Waals surface area contributed by atoms with Gasteiger partial charge in [0.25, 0.3) is 5.91 Å². The predicted octanol–water partition coefficient (Wildman–Crippen LogP) is 3.22. The summed E-state index contributed by atoms with van der Waals surface area (Å²) < 4.78 is 54.5. The van der Waals surface area contributed by atoms with E-state index < -0.39 is 29.4 Å². The molecule has 0 spiro atoms.